The van der Waals surface area contributed by atoms with E-state index in [1.54, 1.807) is 0 Å². The molecule has 0 spiro atoms. The molecule has 2 aromatic carbocycles. The van der Waals surface area contributed by atoms with E-state index in [1.807, 2.05) is 49.4 Å². The lowest BCUT2D eigenvalue weighted by Gasteiger charge is -2.04. The molecule has 3 aromatic rings. The van der Waals surface area contributed by atoms with Gasteiger partial charge in [-0.25, -0.2) is 4.42 Å². The largest absolute Gasteiger partial charge is 0.493 e. The van der Waals surface area contributed by atoms with Crippen LogP contribution >= 0.6 is 11.6 Å². The molecule has 0 bridgehead atoms. The second kappa shape index (κ2) is 5.74. The first-order chi connectivity index (χ1) is 10.2. The highest BCUT2D eigenvalue weighted by Gasteiger charge is 2.19. The highest BCUT2D eigenvalue weighted by Crippen LogP contribution is 2.33. The van der Waals surface area contributed by atoms with E-state index in [0.717, 1.165) is 28.0 Å². The van der Waals surface area contributed by atoms with Crippen LogP contribution in [0.5, 0.6) is 5.75 Å². The van der Waals surface area contributed by atoms with Crippen molar-refractivity contribution < 1.29 is 9.15 Å². The molecule has 0 radical (unpaired) electrons. The van der Waals surface area contributed by atoms with Crippen LogP contribution in [0.1, 0.15) is 12.5 Å². The van der Waals surface area contributed by atoms with E-state index in [-0.39, 0.29) is 0 Å². The number of rotatable bonds is 3. The summed E-state index contributed by atoms with van der Waals surface area (Å²) in [6.45, 7) is 4.66. The van der Waals surface area contributed by atoms with Gasteiger partial charge < -0.3 is 4.74 Å². The number of aryl methyl sites for hydroxylation is 1. The summed E-state index contributed by atoms with van der Waals surface area (Å²) in [4.78, 5) is 0. The summed E-state index contributed by atoms with van der Waals surface area (Å²) in [6.07, 6.45) is 0. The van der Waals surface area contributed by atoms with Crippen LogP contribution in [-0.4, -0.2) is 6.61 Å². The van der Waals surface area contributed by atoms with E-state index in [9.17, 15) is 0 Å². The van der Waals surface area contributed by atoms with Crippen LogP contribution in [0.4, 0.5) is 0 Å². The Morgan fingerprint density at radius 1 is 1.05 bits per heavy atom. The minimum atomic E-state index is 0.618. The van der Waals surface area contributed by atoms with Gasteiger partial charge in [0.15, 0.2) is 0 Å². The van der Waals surface area contributed by atoms with Gasteiger partial charge in [-0.2, -0.15) is 0 Å². The third-order valence-electron chi connectivity index (χ3n) is 3.31. The molecule has 0 saturated carbocycles. The lowest BCUT2D eigenvalue weighted by Crippen LogP contribution is -1.93. The second-order valence-electron chi connectivity index (χ2n) is 4.91. The van der Waals surface area contributed by atoms with Crippen molar-refractivity contribution >= 4 is 22.6 Å². The summed E-state index contributed by atoms with van der Waals surface area (Å²) in [7, 11) is 0. The number of hydrogen-bond donors (Lipinski definition) is 0. The van der Waals surface area contributed by atoms with Crippen molar-refractivity contribution in [2.45, 2.75) is 13.8 Å². The summed E-state index contributed by atoms with van der Waals surface area (Å²) >= 11 is 5.94. The van der Waals surface area contributed by atoms with Crippen LogP contribution in [-0.2, 0) is 0 Å². The number of ether oxygens (including phenoxy) is 1. The van der Waals surface area contributed by atoms with Crippen LogP contribution < -0.4 is 4.74 Å². The lowest BCUT2D eigenvalue weighted by atomic mass is 10.1. The van der Waals surface area contributed by atoms with Crippen molar-refractivity contribution in [1.82, 2.24) is 0 Å². The number of fused-ring (bicyclic) bond motifs is 1. The highest BCUT2D eigenvalue weighted by molar-refractivity contribution is 6.30. The van der Waals surface area contributed by atoms with E-state index in [0.29, 0.717) is 11.6 Å². The molecule has 2 nitrogen and oxygen atoms in total. The fourth-order valence-electron chi connectivity index (χ4n) is 2.30. The zero-order valence-electron chi connectivity index (χ0n) is 12.0. The van der Waals surface area contributed by atoms with Gasteiger partial charge in [0.1, 0.15) is 11.1 Å². The van der Waals surface area contributed by atoms with Gasteiger partial charge in [0.2, 0.25) is 0 Å². The van der Waals surface area contributed by atoms with E-state index >= 15 is 0 Å². The lowest BCUT2D eigenvalue weighted by molar-refractivity contribution is 0.342. The van der Waals surface area contributed by atoms with Crippen molar-refractivity contribution in [2.24, 2.45) is 0 Å². The molecule has 21 heavy (non-hydrogen) atoms. The van der Waals surface area contributed by atoms with Crippen molar-refractivity contribution in [3.63, 3.8) is 0 Å². The summed E-state index contributed by atoms with van der Waals surface area (Å²) in [5.74, 6) is 1.61. The number of hydrogen-bond acceptors (Lipinski definition) is 1. The predicted octanol–water partition coefficient (Wildman–Crippen LogP) is 5.74. The van der Waals surface area contributed by atoms with Crippen molar-refractivity contribution in [3.05, 3.63) is 59.1 Å². The Hall–Kier alpha value is -2.06. The molecule has 1 aromatic heterocycles. The van der Waals surface area contributed by atoms with Gasteiger partial charge in [-0.3, -0.25) is 0 Å². The molecule has 0 aliphatic heterocycles. The zero-order chi connectivity index (χ0) is 14.8. The van der Waals surface area contributed by atoms with Crippen LogP contribution in [0, 0.1) is 6.92 Å². The molecule has 0 unspecified atom stereocenters. The number of benzene rings is 2. The SMILES string of the molecule is CCOc1cc(-c2ccc(Cl)cc2)[o+]c2ccc(C)cc12. The van der Waals surface area contributed by atoms with Gasteiger partial charge in [-0.1, -0.05) is 11.6 Å². The first-order valence-electron chi connectivity index (χ1n) is 6.93. The standard InChI is InChI=1S/C18H16ClO2/c1-3-20-18-11-17(13-5-7-14(19)8-6-13)21-16-9-4-12(2)10-15(16)18/h4-11H,3H2,1-2H3/q+1. The second-order valence-corrected chi connectivity index (χ2v) is 5.35. The van der Waals surface area contributed by atoms with Gasteiger partial charge in [-0.15, -0.1) is 0 Å². The third kappa shape index (κ3) is 2.86. The molecule has 3 heteroatoms. The van der Waals surface area contributed by atoms with Gasteiger partial charge in [0.05, 0.1) is 18.2 Å². The average molecular weight is 300 g/mol. The predicted molar refractivity (Wildman–Crippen MR) is 87.0 cm³/mol. The Kier molecular flexibility index (Phi) is 3.80. The summed E-state index contributed by atoms with van der Waals surface area (Å²) < 4.78 is 11.8. The van der Waals surface area contributed by atoms with Crippen molar-refractivity contribution in [3.8, 4) is 17.1 Å². The van der Waals surface area contributed by atoms with Crippen molar-refractivity contribution in [2.75, 3.05) is 6.61 Å². The smallest absolute Gasteiger partial charge is 0.364 e. The van der Waals surface area contributed by atoms with Gasteiger partial charge >= 0.3 is 11.3 Å². The highest BCUT2D eigenvalue weighted by atomic mass is 35.5. The first-order valence-corrected chi connectivity index (χ1v) is 7.31. The summed E-state index contributed by atoms with van der Waals surface area (Å²) in [5, 5.41) is 1.70. The van der Waals surface area contributed by atoms with Gasteiger partial charge in [-0.05, 0) is 55.8 Å². The minimum absolute atomic E-state index is 0.618. The minimum Gasteiger partial charge on any atom is -0.493 e. The van der Waals surface area contributed by atoms with Gasteiger partial charge in [0.25, 0.3) is 0 Å². The summed E-state index contributed by atoms with van der Waals surface area (Å²) in [6, 6.07) is 15.6. The molecule has 0 aliphatic rings. The molecule has 0 fully saturated rings. The summed E-state index contributed by atoms with van der Waals surface area (Å²) in [5.41, 5.74) is 2.97. The normalized spacial score (nSPS) is 10.8. The Labute approximate surface area is 128 Å². The fraction of sp³-hybridized carbons (Fsp3) is 0.167. The van der Waals surface area contributed by atoms with Crippen LogP contribution in [0.15, 0.2) is 52.9 Å². The Morgan fingerprint density at radius 3 is 2.52 bits per heavy atom. The Bertz CT molecular complexity index is 779. The molecule has 0 N–H and O–H groups in total. The Morgan fingerprint density at radius 2 is 1.81 bits per heavy atom. The van der Waals surface area contributed by atoms with E-state index in [2.05, 4.69) is 13.0 Å². The maximum Gasteiger partial charge on any atom is 0.364 e. The third-order valence-corrected chi connectivity index (χ3v) is 3.56. The van der Waals surface area contributed by atoms with E-state index in [1.165, 1.54) is 5.56 Å². The van der Waals surface area contributed by atoms with Crippen molar-refractivity contribution in [1.29, 1.82) is 0 Å². The van der Waals surface area contributed by atoms with Crippen LogP contribution in [0.25, 0.3) is 22.3 Å². The molecule has 0 amide bonds. The molecule has 0 aliphatic carbocycles. The van der Waals surface area contributed by atoms with E-state index in [4.69, 9.17) is 20.8 Å². The molecular weight excluding hydrogens is 284 g/mol. The molecule has 1 heterocycles. The number of halogens is 1. The topological polar surface area (TPSA) is 20.5 Å². The maximum atomic E-state index is 6.01. The average Bonchev–Trinajstić information content (AvgIpc) is 2.48. The Balaban J connectivity index is 2.20. The molecule has 0 atom stereocenters. The van der Waals surface area contributed by atoms with Crippen LogP contribution in [0.3, 0.4) is 0 Å². The first kappa shape index (κ1) is 13.9. The van der Waals surface area contributed by atoms with Crippen LogP contribution in [0.2, 0.25) is 5.02 Å². The molecule has 3 rings (SSSR count). The van der Waals surface area contributed by atoms with Gasteiger partial charge in [0, 0.05) is 11.1 Å². The quantitative estimate of drug-likeness (QED) is 0.575. The molecular formula is C18H16ClO2+. The fourth-order valence-corrected chi connectivity index (χ4v) is 2.43. The monoisotopic (exact) mass is 299 g/mol. The molecule has 0 saturated heterocycles. The molecule has 106 valence electrons. The van der Waals surface area contributed by atoms with E-state index < -0.39 is 0 Å². The maximum absolute atomic E-state index is 6.01. The zero-order valence-corrected chi connectivity index (χ0v) is 12.8.